The maximum absolute atomic E-state index is 12.3. The number of aliphatic hydroxyl groups is 1. The van der Waals surface area contributed by atoms with Crippen molar-refractivity contribution >= 4 is 23.6 Å². The molecule has 0 saturated heterocycles. The lowest BCUT2D eigenvalue weighted by molar-refractivity contribution is -0.174. The van der Waals surface area contributed by atoms with Gasteiger partial charge in [0, 0.05) is 13.5 Å². The highest BCUT2D eigenvalue weighted by Crippen LogP contribution is 2.26. The Hall–Kier alpha value is -2.00. The van der Waals surface area contributed by atoms with Crippen molar-refractivity contribution in [1.29, 1.82) is 0 Å². The van der Waals surface area contributed by atoms with Gasteiger partial charge in [0.25, 0.3) is 0 Å². The quantitative estimate of drug-likeness (QED) is 0.387. The topological polar surface area (TPSA) is 158 Å². The average molecular weight is 318 g/mol. The number of ketones is 1. The molecular formula is C13H22N2O7. The highest BCUT2D eigenvalue weighted by molar-refractivity contribution is 6.11. The monoisotopic (exact) mass is 318 g/mol. The second-order valence-corrected chi connectivity index (χ2v) is 5.04. The standard InChI is InChI=1S/C13H22N2O7/c1-4-5-8(16)13(12(21)22,9(17)6-10(18)19)15(3)11(20)7(2)14/h7,9,17H,4-6,14H2,1-3H3,(H,18,19)(H,21,22). The number of carboxylic acids is 2. The van der Waals surface area contributed by atoms with Gasteiger partial charge in [-0.15, -0.1) is 0 Å². The van der Waals surface area contributed by atoms with E-state index in [4.69, 9.17) is 10.8 Å². The van der Waals surface area contributed by atoms with Crippen LogP contribution in [0.25, 0.3) is 0 Å². The summed E-state index contributed by atoms with van der Waals surface area (Å²) in [6.07, 6.45) is -3.07. The maximum Gasteiger partial charge on any atom is 0.340 e. The average Bonchev–Trinajstić information content (AvgIpc) is 2.37. The Balaban J connectivity index is 6.09. The molecule has 9 heteroatoms. The number of nitrogens with two attached hydrogens (primary N) is 1. The Morgan fingerprint density at radius 2 is 1.73 bits per heavy atom. The first-order valence-electron chi connectivity index (χ1n) is 6.73. The first kappa shape index (κ1) is 20.0. The summed E-state index contributed by atoms with van der Waals surface area (Å²) >= 11 is 0. The third-order valence-electron chi connectivity index (χ3n) is 3.33. The van der Waals surface area contributed by atoms with E-state index < -0.39 is 47.7 Å². The smallest absolute Gasteiger partial charge is 0.340 e. The fourth-order valence-electron chi connectivity index (χ4n) is 2.21. The summed E-state index contributed by atoms with van der Waals surface area (Å²) in [6, 6.07) is -1.12. The number of amides is 1. The normalized spacial score (nSPS) is 16.2. The number of carboxylic acid groups (broad SMARTS) is 2. The minimum atomic E-state index is -2.68. The Morgan fingerprint density at radius 1 is 1.23 bits per heavy atom. The highest BCUT2D eigenvalue weighted by atomic mass is 16.4. The molecule has 0 rings (SSSR count). The van der Waals surface area contributed by atoms with Crippen molar-refractivity contribution in [3.63, 3.8) is 0 Å². The molecule has 0 bridgehead atoms. The van der Waals surface area contributed by atoms with E-state index in [2.05, 4.69) is 0 Å². The first-order valence-corrected chi connectivity index (χ1v) is 6.73. The number of hydrogen-bond donors (Lipinski definition) is 4. The largest absolute Gasteiger partial charge is 0.481 e. The molecule has 0 aromatic heterocycles. The lowest BCUT2D eigenvalue weighted by Crippen LogP contribution is -2.69. The van der Waals surface area contributed by atoms with Crippen LogP contribution in [0.1, 0.15) is 33.1 Å². The van der Waals surface area contributed by atoms with Crippen molar-refractivity contribution in [2.45, 2.75) is 50.8 Å². The highest BCUT2D eigenvalue weighted by Gasteiger charge is 2.57. The summed E-state index contributed by atoms with van der Waals surface area (Å²) in [4.78, 5) is 47.4. The summed E-state index contributed by atoms with van der Waals surface area (Å²) in [5.41, 5.74) is 2.73. The Labute approximate surface area is 127 Å². The molecule has 3 atom stereocenters. The fraction of sp³-hybridized carbons (Fsp3) is 0.692. The molecule has 0 saturated carbocycles. The number of likely N-dealkylation sites (N-methyl/N-ethyl adjacent to an activating group) is 1. The van der Waals surface area contributed by atoms with Crippen LogP contribution in [0.3, 0.4) is 0 Å². The van der Waals surface area contributed by atoms with Gasteiger partial charge in [-0.2, -0.15) is 0 Å². The number of hydrogen-bond acceptors (Lipinski definition) is 6. The van der Waals surface area contributed by atoms with Crippen LogP contribution < -0.4 is 5.73 Å². The predicted octanol–water partition coefficient (Wildman–Crippen LogP) is -1.18. The molecule has 5 N–H and O–H groups in total. The van der Waals surface area contributed by atoms with E-state index in [0.29, 0.717) is 4.90 Å². The minimum absolute atomic E-state index is 0.237. The van der Waals surface area contributed by atoms with Crippen LogP contribution in [0.2, 0.25) is 0 Å². The molecular weight excluding hydrogens is 296 g/mol. The van der Waals surface area contributed by atoms with Gasteiger partial charge in [-0.25, -0.2) is 4.79 Å². The molecule has 22 heavy (non-hydrogen) atoms. The number of carbonyl (C=O) groups excluding carboxylic acids is 2. The Bertz CT molecular complexity index is 463. The molecule has 126 valence electrons. The second kappa shape index (κ2) is 7.85. The van der Waals surface area contributed by atoms with E-state index in [9.17, 15) is 29.4 Å². The molecule has 0 heterocycles. The number of rotatable bonds is 9. The number of nitrogens with zero attached hydrogens (tertiary/aromatic N) is 1. The van der Waals surface area contributed by atoms with E-state index in [1.165, 1.54) is 6.92 Å². The SMILES string of the molecule is CCCC(=O)C(C(=O)O)(C(O)CC(=O)O)N(C)C(=O)C(C)N. The maximum atomic E-state index is 12.3. The van der Waals surface area contributed by atoms with Crippen LogP contribution in [0, 0.1) is 0 Å². The molecule has 0 aromatic carbocycles. The van der Waals surface area contributed by atoms with Crippen LogP contribution in [-0.4, -0.2) is 68.6 Å². The van der Waals surface area contributed by atoms with Gasteiger partial charge in [-0.3, -0.25) is 14.4 Å². The van der Waals surface area contributed by atoms with Gasteiger partial charge in [0.05, 0.1) is 12.5 Å². The van der Waals surface area contributed by atoms with E-state index in [1.807, 2.05) is 0 Å². The first-order chi connectivity index (χ1) is 10.0. The summed E-state index contributed by atoms with van der Waals surface area (Å²) in [7, 11) is 1.01. The van der Waals surface area contributed by atoms with Crippen LogP contribution in [0.15, 0.2) is 0 Å². The fourth-order valence-corrected chi connectivity index (χ4v) is 2.21. The molecule has 0 aromatic rings. The molecule has 3 unspecified atom stereocenters. The second-order valence-electron chi connectivity index (χ2n) is 5.04. The number of carbonyl (C=O) groups is 4. The Kier molecular flexibility index (Phi) is 7.14. The van der Waals surface area contributed by atoms with Crippen LogP contribution in [-0.2, 0) is 19.2 Å². The zero-order valence-corrected chi connectivity index (χ0v) is 12.8. The van der Waals surface area contributed by atoms with Gasteiger partial charge >= 0.3 is 11.9 Å². The van der Waals surface area contributed by atoms with Crippen molar-refractivity contribution in [2.24, 2.45) is 5.73 Å². The Morgan fingerprint density at radius 3 is 2.05 bits per heavy atom. The third-order valence-corrected chi connectivity index (χ3v) is 3.33. The lowest BCUT2D eigenvalue weighted by Gasteiger charge is -2.40. The summed E-state index contributed by atoms with van der Waals surface area (Å²) in [5.74, 6) is -5.13. The molecule has 0 aliphatic carbocycles. The van der Waals surface area contributed by atoms with Crippen LogP contribution in [0.4, 0.5) is 0 Å². The number of aliphatic hydroxyl groups excluding tert-OH is 1. The zero-order valence-electron chi connectivity index (χ0n) is 12.8. The molecule has 0 aliphatic rings. The number of Topliss-reactive ketones (excluding diaryl/α,β-unsaturated/α-hetero) is 1. The molecule has 0 radical (unpaired) electrons. The zero-order chi connectivity index (χ0) is 17.7. The van der Waals surface area contributed by atoms with Crippen molar-refractivity contribution in [2.75, 3.05) is 7.05 Å². The number of aliphatic carboxylic acids is 2. The van der Waals surface area contributed by atoms with Crippen molar-refractivity contribution in [3.8, 4) is 0 Å². The molecule has 0 spiro atoms. The molecule has 0 fully saturated rings. The predicted molar refractivity (Wildman–Crippen MR) is 75.0 cm³/mol. The van der Waals surface area contributed by atoms with Gasteiger partial charge in [0.2, 0.25) is 11.4 Å². The van der Waals surface area contributed by atoms with E-state index in [0.717, 1.165) is 7.05 Å². The van der Waals surface area contributed by atoms with Gasteiger partial charge in [-0.1, -0.05) is 6.92 Å². The van der Waals surface area contributed by atoms with Gasteiger partial charge in [0.1, 0.15) is 6.10 Å². The van der Waals surface area contributed by atoms with Gasteiger partial charge < -0.3 is 26.0 Å². The van der Waals surface area contributed by atoms with Crippen molar-refractivity contribution in [1.82, 2.24) is 4.90 Å². The van der Waals surface area contributed by atoms with Crippen molar-refractivity contribution < 1.29 is 34.5 Å². The van der Waals surface area contributed by atoms with E-state index in [1.54, 1.807) is 6.92 Å². The van der Waals surface area contributed by atoms with Gasteiger partial charge in [0.15, 0.2) is 5.78 Å². The lowest BCUT2D eigenvalue weighted by atomic mass is 9.81. The third kappa shape index (κ3) is 3.80. The molecule has 0 aliphatic heterocycles. The summed E-state index contributed by atoms with van der Waals surface area (Å²) in [6.45, 7) is 2.90. The minimum Gasteiger partial charge on any atom is -0.481 e. The van der Waals surface area contributed by atoms with Crippen molar-refractivity contribution in [3.05, 3.63) is 0 Å². The van der Waals surface area contributed by atoms with Crippen LogP contribution >= 0.6 is 0 Å². The van der Waals surface area contributed by atoms with E-state index >= 15 is 0 Å². The molecule has 9 nitrogen and oxygen atoms in total. The summed E-state index contributed by atoms with van der Waals surface area (Å²) in [5, 5.41) is 28.4. The van der Waals surface area contributed by atoms with E-state index in [-0.39, 0.29) is 12.8 Å². The summed E-state index contributed by atoms with van der Waals surface area (Å²) < 4.78 is 0. The van der Waals surface area contributed by atoms with Crippen LogP contribution in [0.5, 0.6) is 0 Å². The van der Waals surface area contributed by atoms with Gasteiger partial charge in [-0.05, 0) is 13.3 Å². The molecule has 1 amide bonds.